The molecular weight excluding hydrogens is 262 g/mol. The number of hydrogen-bond acceptors (Lipinski definition) is 6. The summed E-state index contributed by atoms with van der Waals surface area (Å²) in [6.45, 7) is 2.16. The van der Waals surface area contributed by atoms with E-state index in [0.29, 0.717) is 5.88 Å². The zero-order valence-electron chi connectivity index (χ0n) is 10.6. The van der Waals surface area contributed by atoms with Crippen LogP contribution in [0.25, 0.3) is 5.76 Å². The van der Waals surface area contributed by atoms with Crippen LogP contribution in [0.1, 0.15) is 31.1 Å². The van der Waals surface area contributed by atoms with Gasteiger partial charge in [-0.3, -0.25) is 9.88 Å². The summed E-state index contributed by atoms with van der Waals surface area (Å²) in [5.74, 6) is 1.38. The molecule has 2 aromatic heterocycles. The van der Waals surface area contributed by atoms with E-state index in [1.807, 2.05) is 11.0 Å². The lowest BCUT2D eigenvalue weighted by molar-refractivity contribution is 0.173. The summed E-state index contributed by atoms with van der Waals surface area (Å²) in [5, 5.41) is 3.74. The summed E-state index contributed by atoms with van der Waals surface area (Å²) in [6, 6.07) is 1.81. The normalized spacial score (nSPS) is 18.5. The largest absolute Gasteiger partial charge is 0.466 e. The first kappa shape index (κ1) is 12.2. The molecule has 0 aromatic carbocycles. The van der Waals surface area contributed by atoms with Crippen LogP contribution in [0.4, 0.5) is 5.88 Å². The summed E-state index contributed by atoms with van der Waals surface area (Å²) in [6.07, 6.45) is 9.69. The Morgan fingerprint density at radius 2 is 2.47 bits per heavy atom. The minimum absolute atomic E-state index is 0.0787. The molecule has 0 N–H and O–H groups in total. The summed E-state index contributed by atoms with van der Waals surface area (Å²) >= 11 is 1.54. The van der Waals surface area contributed by atoms with Crippen molar-refractivity contribution in [3.05, 3.63) is 35.0 Å². The van der Waals surface area contributed by atoms with Gasteiger partial charge >= 0.3 is 0 Å². The summed E-state index contributed by atoms with van der Waals surface area (Å²) in [4.78, 5) is 6.91. The van der Waals surface area contributed by atoms with E-state index in [2.05, 4.69) is 23.3 Å². The van der Waals surface area contributed by atoms with Gasteiger partial charge in [0.25, 0.3) is 0 Å². The number of hydrogen-bond donors (Lipinski definition) is 0. The van der Waals surface area contributed by atoms with Crippen molar-refractivity contribution < 1.29 is 9.26 Å². The first-order valence-corrected chi connectivity index (χ1v) is 7.15. The summed E-state index contributed by atoms with van der Waals surface area (Å²) in [5.41, 5.74) is 1.78. The van der Waals surface area contributed by atoms with Crippen LogP contribution in [0.3, 0.4) is 0 Å². The van der Waals surface area contributed by atoms with Crippen molar-refractivity contribution in [2.45, 2.75) is 32.4 Å². The highest BCUT2D eigenvalue weighted by Crippen LogP contribution is 2.33. The third-order valence-electron chi connectivity index (χ3n) is 2.89. The summed E-state index contributed by atoms with van der Waals surface area (Å²) in [7, 11) is 0. The van der Waals surface area contributed by atoms with E-state index in [1.165, 1.54) is 11.3 Å². The van der Waals surface area contributed by atoms with Crippen LogP contribution in [0.2, 0.25) is 0 Å². The van der Waals surface area contributed by atoms with Crippen LogP contribution in [0, 0.1) is 6.20 Å². The van der Waals surface area contributed by atoms with Gasteiger partial charge in [0.1, 0.15) is 6.20 Å². The lowest BCUT2D eigenvalue weighted by Gasteiger charge is -2.20. The minimum Gasteiger partial charge on any atom is -0.466 e. The molecule has 5 nitrogen and oxygen atoms in total. The van der Waals surface area contributed by atoms with Crippen molar-refractivity contribution >= 4 is 23.0 Å². The maximum Gasteiger partial charge on any atom is 0.234 e. The monoisotopic (exact) mass is 276 g/mol. The first-order valence-electron chi connectivity index (χ1n) is 6.27. The maximum atomic E-state index is 5.96. The molecule has 0 saturated heterocycles. The Bertz CT molecular complexity index is 536. The molecule has 0 spiro atoms. The molecule has 0 aliphatic carbocycles. The predicted molar refractivity (Wildman–Crippen MR) is 72.1 cm³/mol. The fourth-order valence-corrected chi connectivity index (χ4v) is 2.49. The zero-order chi connectivity index (χ0) is 13.1. The highest BCUT2D eigenvalue weighted by molar-refractivity contribution is 7.10. The maximum absolute atomic E-state index is 5.96. The Hall–Kier alpha value is -1.82. The van der Waals surface area contributed by atoms with Crippen LogP contribution >= 0.6 is 11.3 Å². The number of anilines is 1. The van der Waals surface area contributed by atoms with E-state index in [0.717, 1.165) is 29.9 Å². The van der Waals surface area contributed by atoms with Crippen molar-refractivity contribution in [2.24, 2.45) is 0 Å². The lowest BCUT2D eigenvalue weighted by atomic mass is 10.2. The van der Waals surface area contributed by atoms with E-state index in [-0.39, 0.29) is 6.23 Å². The molecule has 3 heterocycles. The van der Waals surface area contributed by atoms with Crippen LogP contribution in [-0.4, -0.2) is 16.4 Å². The third-order valence-corrected chi connectivity index (χ3v) is 3.66. The highest BCUT2D eigenvalue weighted by atomic mass is 32.1. The first-order chi connectivity index (χ1) is 9.38. The number of rotatable bonds is 5. The molecule has 1 atom stereocenters. The van der Waals surface area contributed by atoms with Gasteiger partial charge in [-0.05, 0) is 6.42 Å². The number of unbranched alkanes of at least 4 members (excludes halogenated alkanes) is 1. The molecule has 19 heavy (non-hydrogen) atoms. The summed E-state index contributed by atoms with van der Waals surface area (Å²) < 4.78 is 11.2. The fraction of sp³-hybridized carbons (Fsp3) is 0.385. The van der Waals surface area contributed by atoms with Gasteiger partial charge in [0.15, 0.2) is 12.0 Å². The standard InChI is InChI=1S/C13H14N3O2S/c1-2-3-4-12-16(13-5-6-15-18-13)8-10(17-12)11-7-14-9-19-11/h5-7,9,12H,2-4H2,1H3. The van der Waals surface area contributed by atoms with E-state index < -0.39 is 0 Å². The number of aromatic nitrogens is 2. The molecule has 3 rings (SSSR count). The molecule has 0 fully saturated rings. The van der Waals surface area contributed by atoms with Gasteiger partial charge < -0.3 is 9.26 Å². The molecule has 0 amide bonds. The van der Waals surface area contributed by atoms with E-state index >= 15 is 0 Å². The number of ether oxygens (including phenoxy) is 1. The van der Waals surface area contributed by atoms with Gasteiger partial charge in [0.2, 0.25) is 5.88 Å². The average molecular weight is 276 g/mol. The Kier molecular flexibility index (Phi) is 3.50. The van der Waals surface area contributed by atoms with Crippen LogP contribution in [-0.2, 0) is 4.74 Å². The molecule has 1 unspecified atom stereocenters. The lowest BCUT2D eigenvalue weighted by Crippen LogP contribution is -2.27. The smallest absolute Gasteiger partial charge is 0.234 e. The molecule has 6 heteroatoms. The molecule has 2 aromatic rings. The second kappa shape index (κ2) is 5.44. The van der Waals surface area contributed by atoms with Gasteiger partial charge in [0.05, 0.1) is 16.6 Å². The van der Waals surface area contributed by atoms with E-state index in [9.17, 15) is 0 Å². The van der Waals surface area contributed by atoms with Crippen molar-refractivity contribution in [2.75, 3.05) is 4.90 Å². The molecule has 1 radical (unpaired) electrons. The van der Waals surface area contributed by atoms with Gasteiger partial charge in [-0.15, -0.1) is 11.3 Å². The van der Waals surface area contributed by atoms with Gasteiger partial charge in [0, 0.05) is 18.7 Å². The highest BCUT2D eigenvalue weighted by Gasteiger charge is 2.30. The van der Waals surface area contributed by atoms with Crippen molar-refractivity contribution in [3.8, 4) is 0 Å². The number of nitrogens with zero attached hydrogens (tertiary/aromatic N) is 3. The second-order valence-electron chi connectivity index (χ2n) is 4.24. The number of thiazole rings is 1. The molecule has 0 bridgehead atoms. The Balaban J connectivity index is 1.83. The molecule has 0 saturated carbocycles. The predicted octanol–water partition coefficient (Wildman–Crippen LogP) is 3.29. The van der Waals surface area contributed by atoms with Gasteiger partial charge in [-0.2, -0.15) is 0 Å². The molecule has 1 aliphatic rings. The SMILES string of the molecule is CCCCC1OC(c2cncs2)=[C]N1c1ccno1. The van der Waals surface area contributed by atoms with E-state index in [4.69, 9.17) is 9.26 Å². The van der Waals surface area contributed by atoms with E-state index in [1.54, 1.807) is 17.9 Å². The van der Waals surface area contributed by atoms with Crippen molar-refractivity contribution in [3.63, 3.8) is 0 Å². The molecular formula is C13H14N3O2S. The van der Waals surface area contributed by atoms with Crippen molar-refractivity contribution in [1.82, 2.24) is 10.1 Å². The third kappa shape index (κ3) is 2.49. The van der Waals surface area contributed by atoms with Gasteiger partial charge in [-0.25, -0.2) is 0 Å². The van der Waals surface area contributed by atoms with Crippen LogP contribution < -0.4 is 4.90 Å². The van der Waals surface area contributed by atoms with Crippen LogP contribution in [0.5, 0.6) is 0 Å². The zero-order valence-corrected chi connectivity index (χ0v) is 11.4. The topological polar surface area (TPSA) is 51.4 Å². The molecule has 1 aliphatic heterocycles. The molecule has 99 valence electrons. The van der Waals surface area contributed by atoms with Crippen molar-refractivity contribution in [1.29, 1.82) is 0 Å². The Labute approximate surface area is 115 Å². The Morgan fingerprint density at radius 3 is 3.16 bits per heavy atom. The van der Waals surface area contributed by atoms with Gasteiger partial charge in [-0.1, -0.05) is 18.5 Å². The Morgan fingerprint density at radius 1 is 1.53 bits per heavy atom. The average Bonchev–Trinajstić information content (AvgIpc) is 3.14. The quantitative estimate of drug-likeness (QED) is 0.838. The fourth-order valence-electron chi connectivity index (χ4n) is 1.93. The minimum atomic E-state index is -0.0787. The second-order valence-corrected chi connectivity index (χ2v) is 5.13. The van der Waals surface area contributed by atoms with Crippen LogP contribution in [0.15, 0.2) is 28.5 Å².